The van der Waals surface area contributed by atoms with Gasteiger partial charge in [0.05, 0.1) is 0 Å². The molecule has 0 spiro atoms. The first-order valence-corrected chi connectivity index (χ1v) is 5.95. The second-order valence-corrected chi connectivity index (χ2v) is 4.51. The van der Waals surface area contributed by atoms with Gasteiger partial charge in [0.15, 0.2) is 0 Å². The summed E-state index contributed by atoms with van der Waals surface area (Å²) in [6.45, 7) is 4.83. The third-order valence-corrected chi connectivity index (χ3v) is 2.88. The van der Waals surface area contributed by atoms with E-state index >= 15 is 0 Å². The Bertz CT molecular complexity index is 388. The van der Waals surface area contributed by atoms with Crippen LogP contribution in [0.1, 0.15) is 29.5 Å². The molecule has 1 amide bonds. The quantitative estimate of drug-likeness (QED) is 0.848. The van der Waals surface area contributed by atoms with Crippen LogP contribution >= 0.6 is 0 Å². The van der Waals surface area contributed by atoms with Gasteiger partial charge < -0.3 is 10.0 Å². The summed E-state index contributed by atoms with van der Waals surface area (Å²) in [5.74, 6) is 0.0824. The lowest BCUT2D eigenvalue weighted by molar-refractivity contribution is -0.130. The second-order valence-electron chi connectivity index (χ2n) is 4.51. The largest absolute Gasteiger partial charge is 0.396 e. The van der Waals surface area contributed by atoms with Crippen molar-refractivity contribution in [2.45, 2.75) is 33.2 Å². The Labute approximate surface area is 103 Å². The Morgan fingerprint density at radius 2 is 2.06 bits per heavy atom. The molecule has 1 aromatic rings. The smallest absolute Gasteiger partial charge is 0.222 e. The van der Waals surface area contributed by atoms with E-state index in [4.69, 9.17) is 5.11 Å². The zero-order valence-electron chi connectivity index (χ0n) is 10.9. The van der Waals surface area contributed by atoms with Crippen molar-refractivity contribution >= 4 is 5.91 Å². The van der Waals surface area contributed by atoms with Crippen LogP contribution in [0, 0.1) is 13.8 Å². The van der Waals surface area contributed by atoms with Gasteiger partial charge in [-0.1, -0.05) is 23.8 Å². The minimum atomic E-state index is 0.0726. The average Bonchev–Trinajstić information content (AvgIpc) is 2.29. The Hall–Kier alpha value is -1.35. The lowest BCUT2D eigenvalue weighted by atomic mass is 10.1. The van der Waals surface area contributed by atoms with Crippen LogP contribution in [0.15, 0.2) is 18.2 Å². The number of hydrogen-bond acceptors (Lipinski definition) is 2. The van der Waals surface area contributed by atoms with Crippen molar-refractivity contribution in [2.75, 3.05) is 13.7 Å². The first-order chi connectivity index (χ1) is 8.04. The lowest BCUT2D eigenvalue weighted by Gasteiger charge is -2.18. The Morgan fingerprint density at radius 3 is 2.65 bits per heavy atom. The average molecular weight is 235 g/mol. The van der Waals surface area contributed by atoms with Gasteiger partial charge in [0.25, 0.3) is 0 Å². The van der Waals surface area contributed by atoms with E-state index in [1.165, 1.54) is 16.7 Å². The molecule has 0 bridgehead atoms. The first kappa shape index (κ1) is 13.7. The van der Waals surface area contributed by atoms with Gasteiger partial charge in [-0.05, 0) is 31.4 Å². The van der Waals surface area contributed by atoms with E-state index in [0.717, 1.165) is 0 Å². The summed E-state index contributed by atoms with van der Waals surface area (Å²) >= 11 is 0. The molecular formula is C14H21NO2. The van der Waals surface area contributed by atoms with E-state index in [-0.39, 0.29) is 12.5 Å². The zero-order valence-corrected chi connectivity index (χ0v) is 10.9. The van der Waals surface area contributed by atoms with Gasteiger partial charge in [0.2, 0.25) is 5.91 Å². The third kappa shape index (κ3) is 4.19. The number of aryl methyl sites for hydroxylation is 2. The summed E-state index contributed by atoms with van der Waals surface area (Å²) in [4.78, 5) is 13.4. The highest BCUT2D eigenvalue weighted by molar-refractivity contribution is 5.75. The van der Waals surface area contributed by atoms with E-state index in [1.54, 1.807) is 11.9 Å². The summed E-state index contributed by atoms with van der Waals surface area (Å²) in [6.07, 6.45) is 0.952. The maximum absolute atomic E-state index is 11.7. The highest BCUT2D eigenvalue weighted by atomic mass is 16.3. The fourth-order valence-corrected chi connectivity index (χ4v) is 1.79. The van der Waals surface area contributed by atoms with Crippen LogP contribution in [0.4, 0.5) is 0 Å². The molecular weight excluding hydrogens is 214 g/mol. The van der Waals surface area contributed by atoms with Crippen LogP contribution in [0.2, 0.25) is 0 Å². The molecule has 1 rings (SSSR count). The van der Waals surface area contributed by atoms with Crippen LogP contribution in [-0.4, -0.2) is 29.6 Å². The predicted molar refractivity (Wildman–Crippen MR) is 68.7 cm³/mol. The number of rotatable bonds is 5. The topological polar surface area (TPSA) is 40.5 Å². The van der Waals surface area contributed by atoms with Crippen LogP contribution in [0.5, 0.6) is 0 Å². The summed E-state index contributed by atoms with van der Waals surface area (Å²) in [6, 6.07) is 6.26. The number of aliphatic hydroxyl groups excluding tert-OH is 1. The molecule has 0 atom stereocenters. The van der Waals surface area contributed by atoms with Crippen molar-refractivity contribution in [3.63, 3.8) is 0 Å². The minimum absolute atomic E-state index is 0.0726. The molecule has 0 saturated carbocycles. The molecule has 3 heteroatoms. The fraction of sp³-hybridized carbons (Fsp3) is 0.500. The van der Waals surface area contributed by atoms with E-state index in [1.807, 2.05) is 0 Å². The summed E-state index contributed by atoms with van der Waals surface area (Å²) in [7, 11) is 1.80. The SMILES string of the molecule is Cc1ccc(CN(C)C(=O)CCCO)c(C)c1. The van der Waals surface area contributed by atoms with Crippen molar-refractivity contribution in [3.8, 4) is 0 Å². The third-order valence-electron chi connectivity index (χ3n) is 2.88. The van der Waals surface area contributed by atoms with Gasteiger partial charge in [-0.3, -0.25) is 4.79 Å². The van der Waals surface area contributed by atoms with Gasteiger partial charge in [-0.25, -0.2) is 0 Å². The Kier molecular flexibility index (Phi) is 5.16. The Balaban J connectivity index is 2.61. The Morgan fingerprint density at radius 1 is 1.35 bits per heavy atom. The molecule has 0 saturated heterocycles. The number of amides is 1. The molecule has 0 aliphatic rings. The van der Waals surface area contributed by atoms with Crippen molar-refractivity contribution in [2.24, 2.45) is 0 Å². The van der Waals surface area contributed by atoms with Crippen molar-refractivity contribution in [1.29, 1.82) is 0 Å². The van der Waals surface area contributed by atoms with Crippen molar-refractivity contribution in [1.82, 2.24) is 4.90 Å². The van der Waals surface area contributed by atoms with Crippen molar-refractivity contribution in [3.05, 3.63) is 34.9 Å². The molecule has 0 unspecified atom stereocenters. The summed E-state index contributed by atoms with van der Waals surface area (Å²) < 4.78 is 0. The molecule has 17 heavy (non-hydrogen) atoms. The second kappa shape index (κ2) is 6.40. The normalized spacial score (nSPS) is 10.4. The molecule has 0 heterocycles. The van der Waals surface area contributed by atoms with Gasteiger partial charge in [0, 0.05) is 26.6 Å². The number of nitrogens with zero attached hydrogens (tertiary/aromatic N) is 1. The highest BCUT2D eigenvalue weighted by Crippen LogP contribution is 2.13. The monoisotopic (exact) mass is 235 g/mol. The molecule has 94 valence electrons. The molecule has 1 N–H and O–H groups in total. The highest BCUT2D eigenvalue weighted by Gasteiger charge is 2.09. The van der Waals surface area contributed by atoms with E-state index in [9.17, 15) is 4.79 Å². The fourth-order valence-electron chi connectivity index (χ4n) is 1.79. The molecule has 1 aromatic carbocycles. The van der Waals surface area contributed by atoms with E-state index in [0.29, 0.717) is 19.4 Å². The minimum Gasteiger partial charge on any atom is -0.396 e. The number of carbonyl (C=O) groups excluding carboxylic acids is 1. The standard InChI is InChI=1S/C14H21NO2/c1-11-6-7-13(12(2)9-11)10-15(3)14(17)5-4-8-16/h6-7,9,16H,4-5,8,10H2,1-3H3. The van der Waals surface area contributed by atoms with Crippen LogP contribution in [-0.2, 0) is 11.3 Å². The number of hydrogen-bond donors (Lipinski definition) is 1. The van der Waals surface area contributed by atoms with Gasteiger partial charge in [0.1, 0.15) is 0 Å². The molecule has 0 fully saturated rings. The first-order valence-electron chi connectivity index (χ1n) is 5.95. The van der Waals surface area contributed by atoms with Crippen molar-refractivity contribution < 1.29 is 9.90 Å². The maximum Gasteiger partial charge on any atom is 0.222 e. The van der Waals surface area contributed by atoms with Crippen LogP contribution in [0.3, 0.4) is 0 Å². The van der Waals surface area contributed by atoms with Crippen LogP contribution < -0.4 is 0 Å². The lowest BCUT2D eigenvalue weighted by Crippen LogP contribution is -2.26. The van der Waals surface area contributed by atoms with Gasteiger partial charge in [-0.15, -0.1) is 0 Å². The molecule has 0 aliphatic heterocycles. The molecule has 0 aliphatic carbocycles. The maximum atomic E-state index is 11.7. The molecule has 0 radical (unpaired) electrons. The van der Waals surface area contributed by atoms with E-state index < -0.39 is 0 Å². The predicted octanol–water partition coefficient (Wildman–Crippen LogP) is 2.03. The zero-order chi connectivity index (χ0) is 12.8. The summed E-state index contributed by atoms with van der Waals surface area (Å²) in [5.41, 5.74) is 3.63. The molecule has 3 nitrogen and oxygen atoms in total. The number of carbonyl (C=O) groups is 1. The van der Waals surface area contributed by atoms with E-state index in [2.05, 4.69) is 32.0 Å². The van der Waals surface area contributed by atoms with Gasteiger partial charge >= 0.3 is 0 Å². The summed E-state index contributed by atoms with van der Waals surface area (Å²) in [5, 5.41) is 8.69. The number of benzene rings is 1. The molecule has 0 aromatic heterocycles. The van der Waals surface area contributed by atoms with Gasteiger partial charge in [-0.2, -0.15) is 0 Å². The number of aliphatic hydroxyl groups is 1. The van der Waals surface area contributed by atoms with Crippen LogP contribution in [0.25, 0.3) is 0 Å².